The topological polar surface area (TPSA) is 60.2 Å². The number of sulfonamides is 1. The monoisotopic (exact) mass is 361 g/mol. The fraction of sp³-hybridized carbons (Fsp3) is 0.412. The van der Waals surface area contributed by atoms with Gasteiger partial charge in [0.05, 0.1) is 10.5 Å². The lowest BCUT2D eigenvalue weighted by Gasteiger charge is -2.15. The molecule has 1 aromatic rings. The van der Waals surface area contributed by atoms with Gasteiger partial charge in [0.2, 0.25) is 10.0 Å². The molecule has 0 fully saturated rings. The molecule has 1 rings (SSSR count). The van der Waals surface area contributed by atoms with Gasteiger partial charge in [0.25, 0.3) is 0 Å². The zero-order valence-electron chi connectivity index (χ0n) is 13.9. The number of allylic oxidation sites excluding steroid dienone is 4. The number of hydrogen-bond donors (Lipinski definition) is 1. The normalized spacial score (nSPS) is 13.0. The predicted molar refractivity (Wildman–Crippen MR) is 88.9 cm³/mol. The molecule has 0 aliphatic carbocycles. The second-order valence-electron chi connectivity index (χ2n) is 5.90. The summed E-state index contributed by atoms with van der Waals surface area (Å²) in [5.74, 6) is 0. The van der Waals surface area contributed by atoms with Gasteiger partial charge in [-0.3, -0.25) is 0 Å². The summed E-state index contributed by atoms with van der Waals surface area (Å²) in [6, 6.07) is 3.03. The van der Waals surface area contributed by atoms with Crippen molar-refractivity contribution >= 4 is 10.0 Å². The highest BCUT2D eigenvalue weighted by Gasteiger charge is 2.35. The van der Waals surface area contributed by atoms with Gasteiger partial charge in [0.1, 0.15) is 0 Å². The minimum Gasteiger partial charge on any atom is -0.225 e. The molecule has 134 valence electrons. The van der Waals surface area contributed by atoms with E-state index in [-0.39, 0.29) is 12.0 Å². The van der Waals surface area contributed by atoms with E-state index in [1.807, 2.05) is 26.8 Å². The number of hydrogen-bond acceptors (Lipinski definition) is 2. The Kier molecular flexibility index (Phi) is 6.80. The SMILES string of the molecule is CC(C)=CCC/C(C)=C/Cc1c(C(F)(F)F)cccc1S(N)(=O)=O. The molecule has 0 atom stereocenters. The Morgan fingerprint density at radius 1 is 1.17 bits per heavy atom. The van der Waals surface area contributed by atoms with Crippen molar-refractivity contribution in [3.63, 3.8) is 0 Å². The molecule has 7 heteroatoms. The lowest BCUT2D eigenvalue weighted by atomic mass is 10.0. The highest BCUT2D eigenvalue weighted by Crippen LogP contribution is 2.35. The molecule has 0 aliphatic heterocycles. The van der Waals surface area contributed by atoms with Crippen LogP contribution in [0.2, 0.25) is 0 Å². The number of halogens is 3. The Labute approximate surface area is 141 Å². The fourth-order valence-electron chi connectivity index (χ4n) is 2.28. The van der Waals surface area contributed by atoms with Crippen LogP contribution in [0.15, 0.2) is 46.4 Å². The maximum absolute atomic E-state index is 13.2. The van der Waals surface area contributed by atoms with E-state index in [0.29, 0.717) is 6.42 Å². The largest absolute Gasteiger partial charge is 0.416 e. The first-order valence-corrected chi connectivity index (χ1v) is 8.98. The third kappa shape index (κ3) is 6.13. The van der Waals surface area contributed by atoms with Crippen LogP contribution in [0.5, 0.6) is 0 Å². The summed E-state index contributed by atoms with van der Waals surface area (Å²) in [6.45, 7) is 5.75. The van der Waals surface area contributed by atoms with Gasteiger partial charge in [-0.05, 0) is 57.7 Å². The molecule has 0 radical (unpaired) electrons. The second-order valence-corrected chi connectivity index (χ2v) is 7.43. The van der Waals surface area contributed by atoms with E-state index in [0.717, 1.165) is 30.2 Å². The highest BCUT2D eigenvalue weighted by atomic mass is 32.2. The molecule has 1 aromatic carbocycles. The fourth-order valence-corrected chi connectivity index (χ4v) is 3.08. The average Bonchev–Trinajstić information content (AvgIpc) is 2.42. The third-order valence-corrected chi connectivity index (χ3v) is 4.49. The van der Waals surface area contributed by atoms with Crippen molar-refractivity contribution < 1.29 is 21.6 Å². The first-order valence-electron chi connectivity index (χ1n) is 7.44. The summed E-state index contributed by atoms with van der Waals surface area (Å²) >= 11 is 0. The van der Waals surface area contributed by atoms with Crippen molar-refractivity contribution in [2.45, 2.75) is 51.1 Å². The number of benzene rings is 1. The summed E-state index contributed by atoms with van der Waals surface area (Å²) in [4.78, 5) is -0.481. The van der Waals surface area contributed by atoms with Crippen LogP contribution in [-0.4, -0.2) is 8.42 Å². The van der Waals surface area contributed by atoms with Crippen LogP contribution in [0, 0.1) is 0 Å². The lowest BCUT2D eigenvalue weighted by molar-refractivity contribution is -0.138. The molecule has 24 heavy (non-hydrogen) atoms. The summed E-state index contributed by atoms with van der Waals surface area (Å²) in [6.07, 6.45) is 0.370. The standard InChI is InChI=1S/C17H22F3NO2S/c1-12(2)6-4-7-13(3)10-11-14-15(17(18,19)20)8-5-9-16(14)24(21,22)23/h5-6,8-10H,4,7,11H2,1-3H3,(H2,21,22,23)/b13-10+. The lowest BCUT2D eigenvalue weighted by Crippen LogP contribution is -2.18. The smallest absolute Gasteiger partial charge is 0.225 e. The van der Waals surface area contributed by atoms with Crippen LogP contribution >= 0.6 is 0 Å². The summed E-state index contributed by atoms with van der Waals surface area (Å²) in [5.41, 5.74) is 0.781. The van der Waals surface area contributed by atoms with Crippen molar-refractivity contribution in [2.24, 2.45) is 5.14 Å². The van der Waals surface area contributed by atoms with Crippen LogP contribution in [0.25, 0.3) is 0 Å². The van der Waals surface area contributed by atoms with E-state index < -0.39 is 26.7 Å². The van der Waals surface area contributed by atoms with Gasteiger partial charge in [0.15, 0.2) is 0 Å². The molecule has 0 heterocycles. The van der Waals surface area contributed by atoms with Gasteiger partial charge in [-0.2, -0.15) is 13.2 Å². The van der Waals surface area contributed by atoms with Crippen molar-refractivity contribution in [1.29, 1.82) is 0 Å². The molecular formula is C17H22F3NO2S. The van der Waals surface area contributed by atoms with E-state index in [9.17, 15) is 21.6 Å². The summed E-state index contributed by atoms with van der Waals surface area (Å²) < 4.78 is 62.7. The Bertz CT molecular complexity index is 744. The van der Waals surface area contributed by atoms with Crippen molar-refractivity contribution in [3.05, 3.63) is 52.6 Å². The Balaban J connectivity index is 3.19. The van der Waals surface area contributed by atoms with Gasteiger partial charge in [-0.1, -0.05) is 29.4 Å². The maximum atomic E-state index is 13.2. The molecule has 0 unspecified atom stereocenters. The first kappa shape index (κ1) is 20.4. The molecule has 0 amide bonds. The molecular weight excluding hydrogens is 339 g/mol. The van der Waals surface area contributed by atoms with Crippen LogP contribution in [0.1, 0.15) is 44.7 Å². The van der Waals surface area contributed by atoms with Crippen molar-refractivity contribution in [2.75, 3.05) is 0 Å². The van der Waals surface area contributed by atoms with E-state index in [1.165, 1.54) is 5.57 Å². The minimum atomic E-state index is -4.64. The Hall–Kier alpha value is -1.60. The molecule has 0 saturated carbocycles. The van der Waals surface area contributed by atoms with Crippen LogP contribution in [-0.2, 0) is 22.6 Å². The van der Waals surface area contributed by atoms with Crippen molar-refractivity contribution in [1.82, 2.24) is 0 Å². The summed E-state index contributed by atoms with van der Waals surface area (Å²) in [7, 11) is -4.23. The van der Waals surface area contributed by atoms with E-state index in [4.69, 9.17) is 5.14 Å². The van der Waals surface area contributed by atoms with Crippen molar-refractivity contribution in [3.8, 4) is 0 Å². The van der Waals surface area contributed by atoms with Gasteiger partial charge in [-0.15, -0.1) is 0 Å². The number of primary sulfonamides is 1. The average molecular weight is 361 g/mol. The zero-order valence-corrected chi connectivity index (χ0v) is 14.8. The minimum absolute atomic E-state index is 0.137. The van der Waals surface area contributed by atoms with Gasteiger partial charge >= 0.3 is 6.18 Å². The van der Waals surface area contributed by atoms with Crippen LogP contribution < -0.4 is 5.14 Å². The molecule has 0 aromatic heterocycles. The molecule has 0 aliphatic rings. The molecule has 3 nitrogen and oxygen atoms in total. The Morgan fingerprint density at radius 2 is 1.79 bits per heavy atom. The first-order chi connectivity index (χ1) is 10.9. The number of alkyl halides is 3. The maximum Gasteiger partial charge on any atom is 0.416 e. The predicted octanol–water partition coefficient (Wildman–Crippen LogP) is 4.59. The van der Waals surface area contributed by atoms with Gasteiger partial charge in [0, 0.05) is 0 Å². The number of rotatable bonds is 6. The van der Waals surface area contributed by atoms with E-state index in [2.05, 4.69) is 0 Å². The summed E-state index contributed by atoms with van der Waals surface area (Å²) in [5, 5.41) is 5.07. The second kappa shape index (κ2) is 7.98. The highest BCUT2D eigenvalue weighted by molar-refractivity contribution is 7.89. The van der Waals surface area contributed by atoms with E-state index >= 15 is 0 Å². The molecule has 0 spiro atoms. The quantitative estimate of drug-likeness (QED) is 0.754. The molecule has 0 saturated heterocycles. The Morgan fingerprint density at radius 3 is 2.29 bits per heavy atom. The van der Waals surface area contributed by atoms with Crippen LogP contribution in [0.3, 0.4) is 0 Å². The van der Waals surface area contributed by atoms with E-state index in [1.54, 1.807) is 6.08 Å². The molecule has 0 bridgehead atoms. The van der Waals surface area contributed by atoms with Crippen LogP contribution in [0.4, 0.5) is 13.2 Å². The van der Waals surface area contributed by atoms with Gasteiger partial charge < -0.3 is 0 Å². The third-order valence-electron chi connectivity index (χ3n) is 3.49. The molecule has 2 N–H and O–H groups in total. The zero-order chi connectivity index (χ0) is 18.5. The van der Waals surface area contributed by atoms with Gasteiger partial charge in [-0.25, -0.2) is 13.6 Å². The number of nitrogens with two attached hydrogens (primary N) is 1.